The number of thiazole rings is 1. The van der Waals surface area contributed by atoms with E-state index in [0.29, 0.717) is 5.69 Å². The summed E-state index contributed by atoms with van der Waals surface area (Å²) in [5.41, 5.74) is 3.33. The summed E-state index contributed by atoms with van der Waals surface area (Å²) >= 11 is 3.15. The number of nitrogens with zero attached hydrogens (tertiary/aromatic N) is 2. The zero-order valence-electron chi connectivity index (χ0n) is 14.9. The average Bonchev–Trinajstić information content (AvgIpc) is 3.41. The number of thiophene rings is 1. The van der Waals surface area contributed by atoms with Crippen molar-refractivity contribution in [2.24, 2.45) is 0 Å². The molecule has 28 heavy (non-hydrogen) atoms. The fraction of sp³-hybridized carbons (Fsp3) is 0.200. The molecule has 4 rings (SSSR count). The summed E-state index contributed by atoms with van der Waals surface area (Å²) in [7, 11) is 0. The number of amides is 3. The SMILES string of the molecule is O=C(Cc1csc(-c2ccsc2)n1)Nc1ccc(CN2C(=O)CCC2=O)cc1. The summed E-state index contributed by atoms with van der Waals surface area (Å²) in [6, 6.07) is 9.18. The second-order valence-electron chi connectivity index (χ2n) is 6.45. The van der Waals surface area contributed by atoms with Crippen molar-refractivity contribution in [3.8, 4) is 10.6 Å². The fourth-order valence-corrected chi connectivity index (χ4v) is 4.48. The quantitative estimate of drug-likeness (QED) is 0.627. The first kappa shape index (κ1) is 18.5. The molecule has 3 heterocycles. The van der Waals surface area contributed by atoms with Crippen molar-refractivity contribution < 1.29 is 14.4 Å². The van der Waals surface area contributed by atoms with E-state index >= 15 is 0 Å². The first-order chi connectivity index (χ1) is 13.6. The Morgan fingerprint density at radius 2 is 1.82 bits per heavy atom. The highest BCUT2D eigenvalue weighted by Crippen LogP contribution is 2.26. The monoisotopic (exact) mass is 411 g/mol. The minimum Gasteiger partial charge on any atom is -0.326 e. The third kappa shape index (κ3) is 4.18. The number of likely N-dealkylation sites (tertiary alicyclic amines) is 1. The largest absolute Gasteiger partial charge is 0.326 e. The van der Waals surface area contributed by atoms with Crippen LogP contribution in [0.25, 0.3) is 10.6 Å². The van der Waals surface area contributed by atoms with Gasteiger partial charge in [-0.3, -0.25) is 19.3 Å². The van der Waals surface area contributed by atoms with E-state index in [-0.39, 0.29) is 43.5 Å². The highest BCUT2D eigenvalue weighted by molar-refractivity contribution is 7.14. The normalized spacial score (nSPS) is 13.9. The zero-order chi connectivity index (χ0) is 19.5. The number of hydrogen-bond acceptors (Lipinski definition) is 6. The number of hydrogen-bond donors (Lipinski definition) is 1. The third-order valence-electron chi connectivity index (χ3n) is 4.39. The third-order valence-corrected chi connectivity index (χ3v) is 6.02. The van der Waals surface area contributed by atoms with E-state index in [2.05, 4.69) is 10.3 Å². The topological polar surface area (TPSA) is 79.4 Å². The lowest BCUT2D eigenvalue weighted by atomic mass is 10.2. The van der Waals surface area contributed by atoms with Crippen LogP contribution in [-0.4, -0.2) is 27.6 Å². The van der Waals surface area contributed by atoms with Crippen LogP contribution in [0, 0.1) is 0 Å². The molecule has 1 saturated heterocycles. The van der Waals surface area contributed by atoms with E-state index in [0.717, 1.165) is 21.8 Å². The molecule has 2 aromatic heterocycles. The molecule has 142 valence electrons. The molecule has 0 aliphatic carbocycles. The van der Waals surface area contributed by atoms with Crippen molar-refractivity contribution in [3.63, 3.8) is 0 Å². The Bertz CT molecular complexity index is 994. The van der Waals surface area contributed by atoms with Crippen LogP contribution in [0.15, 0.2) is 46.5 Å². The smallest absolute Gasteiger partial charge is 0.230 e. The molecule has 0 bridgehead atoms. The van der Waals surface area contributed by atoms with Crippen molar-refractivity contribution in [2.45, 2.75) is 25.8 Å². The number of aromatic nitrogens is 1. The lowest BCUT2D eigenvalue weighted by Crippen LogP contribution is -2.28. The molecule has 0 radical (unpaired) electrons. The van der Waals surface area contributed by atoms with Gasteiger partial charge in [0.25, 0.3) is 0 Å². The highest BCUT2D eigenvalue weighted by atomic mass is 32.1. The van der Waals surface area contributed by atoms with Gasteiger partial charge in [0.1, 0.15) is 5.01 Å². The van der Waals surface area contributed by atoms with Crippen LogP contribution in [0.3, 0.4) is 0 Å². The Balaban J connectivity index is 1.33. The van der Waals surface area contributed by atoms with Gasteiger partial charge in [0.2, 0.25) is 17.7 Å². The fourth-order valence-electron chi connectivity index (χ4n) is 2.95. The van der Waals surface area contributed by atoms with Gasteiger partial charge in [-0.05, 0) is 29.1 Å². The molecule has 6 nitrogen and oxygen atoms in total. The van der Waals surface area contributed by atoms with Gasteiger partial charge in [-0.25, -0.2) is 4.98 Å². The molecule has 0 unspecified atom stereocenters. The number of benzene rings is 1. The van der Waals surface area contributed by atoms with Crippen molar-refractivity contribution in [1.29, 1.82) is 0 Å². The second kappa shape index (κ2) is 8.04. The molecule has 1 N–H and O–H groups in total. The van der Waals surface area contributed by atoms with Gasteiger partial charge in [-0.2, -0.15) is 11.3 Å². The first-order valence-corrected chi connectivity index (χ1v) is 10.6. The van der Waals surface area contributed by atoms with Crippen LogP contribution < -0.4 is 5.32 Å². The van der Waals surface area contributed by atoms with E-state index in [4.69, 9.17) is 0 Å². The molecule has 3 aromatic rings. The average molecular weight is 412 g/mol. The van der Waals surface area contributed by atoms with Gasteiger partial charge < -0.3 is 5.32 Å². The Hall–Kier alpha value is -2.84. The molecule has 8 heteroatoms. The number of rotatable bonds is 6. The molecule has 1 aliphatic rings. The van der Waals surface area contributed by atoms with Crippen LogP contribution in [0.1, 0.15) is 24.1 Å². The van der Waals surface area contributed by atoms with Crippen LogP contribution in [0.4, 0.5) is 5.69 Å². The van der Waals surface area contributed by atoms with Crippen molar-refractivity contribution in [3.05, 3.63) is 57.7 Å². The summed E-state index contributed by atoms with van der Waals surface area (Å²) in [6.07, 6.45) is 0.786. The lowest BCUT2D eigenvalue weighted by molar-refractivity contribution is -0.139. The van der Waals surface area contributed by atoms with Crippen LogP contribution in [0.2, 0.25) is 0 Å². The summed E-state index contributed by atoms with van der Waals surface area (Å²) in [6.45, 7) is 0.274. The predicted octanol–water partition coefficient (Wildman–Crippen LogP) is 3.70. The molecule has 0 saturated carbocycles. The van der Waals surface area contributed by atoms with Crippen molar-refractivity contribution >= 4 is 46.1 Å². The van der Waals surface area contributed by atoms with Gasteiger partial charge in [0.05, 0.1) is 18.7 Å². The summed E-state index contributed by atoms with van der Waals surface area (Å²) in [4.78, 5) is 41.5. The molecule has 0 spiro atoms. The molecule has 1 aromatic carbocycles. The molecule has 0 atom stereocenters. The first-order valence-electron chi connectivity index (χ1n) is 8.77. The van der Waals surface area contributed by atoms with E-state index in [1.165, 1.54) is 16.2 Å². The van der Waals surface area contributed by atoms with Crippen molar-refractivity contribution in [2.75, 3.05) is 5.32 Å². The van der Waals surface area contributed by atoms with Gasteiger partial charge in [0, 0.05) is 34.9 Å². The summed E-state index contributed by atoms with van der Waals surface area (Å²) in [5.74, 6) is -0.403. The van der Waals surface area contributed by atoms with E-state index in [9.17, 15) is 14.4 Å². The maximum atomic E-state index is 12.3. The Kier molecular flexibility index (Phi) is 5.31. The number of nitrogens with one attached hydrogen (secondary N) is 1. The maximum absolute atomic E-state index is 12.3. The second-order valence-corrected chi connectivity index (χ2v) is 8.09. The number of anilines is 1. The number of carbonyl (C=O) groups is 3. The minimum atomic E-state index is -0.139. The summed E-state index contributed by atoms with van der Waals surface area (Å²) in [5, 5.41) is 9.71. The zero-order valence-corrected chi connectivity index (χ0v) is 16.5. The van der Waals surface area contributed by atoms with Gasteiger partial charge in [0.15, 0.2) is 0 Å². The highest BCUT2D eigenvalue weighted by Gasteiger charge is 2.28. The van der Waals surface area contributed by atoms with Crippen LogP contribution in [0.5, 0.6) is 0 Å². The predicted molar refractivity (Wildman–Crippen MR) is 109 cm³/mol. The minimum absolute atomic E-state index is 0.132. The standard InChI is InChI=1S/C20H17N3O3S2/c24-17(9-16-12-28-20(22-16)14-7-8-27-11-14)21-15-3-1-13(2-4-15)10-23-18(25)5-6-19(23)26/h1-4,7-8,11-12H,5-6,9-10H2,(H,21,24). The van der Waals surface area contributed by atoms with Gasteiger partial charge >= 0.3 is 0 Å². The van der Waals surface area contributed by atoms with Crippen molar-refractivity contribution in [1.82, 2.24) is 9.88 Å². The van der Waals surface area contributed by atoms with Crippen LogP contribution >= 0.6 is 22.7 Å². The number of imide groups is 1. The van der Waals surface area contributed by atoms with E-state index in [1.807, 2.05) is 34.3 Å². The molecule has 1 fully saturated rings. The van der Waals surface area contributed by atoms with E-state index in [1.54, 1.807) is 23.5 Å². The Labute approximate surface area is 169 Å². The molecule has 3 amide bonds. The molecular weight excluding hydrogens is 394 g/mol. The summed E-state index contributed by atoms with van der Waals surface area (Å²) < 4.78 is 0. The molecule has 1 aliphatic heterocycles. The lowest BCUT2D eigenvalue weighted by Gasteiger charge is -2.14. The van der Waals surface area contributed by atoms with Gasteiger partial charge in [-0.15, -0.1) is 11.3 Å². The van der Waals surface area contributed by atoms with Crippen LogP contribution in [-0.2, 0) is 27.3 Å². The number of carbonyl (C=O) groups excluding carboxylic acids is 3. The Morgan fingerprint density at radius 3 is 2.50 bits per heavy atom. The molecular formula is C20H17N3O3S2. The van der Waals surface area contributed by atoms with Gasteiger partial charge in [-0.1, -0.05) is 12.1 Å². The van der Waals surface area contributed by atoms with E-state index < -0.39 is 0 Å². The Morgan fingerprint density at radius 1 is 1.07 bits per heavy atom. The maximum Gasteiger partial charge on any atom is 0.230 e.